The van der Waals surface area contributed by atoms with Crippen molar-refractivity contribution in [3.8, 4) is 0 Å². The number of carbonyl (C=O) groups excluding carboxylic acids is 1. The number of ether oxygens (including phenoxy) is 1. The van der Waals surface area contributed by atoms with Gasteiger partial charge in [0.1, 0.15) is 0 Å². The summed E-state index contributed by atoms with van der Waals surface area (Å²) in [5.74, 6) is 0.554. The summed E-state index contributed by atoms with van der Waals surface area (Å²) in [6.45, 7) is 2.45. The van der Waals surface area contributed by atoms with Gasteiger partial charge in [-0.05, 0) is 37.0 Å². The zero-order valence-electron chi connectivity index (χ0n) is 10.1. The molecular weight excluding hydrogens is 232 g/mol. The summed E-state index contributed by atoms with van der Waals surface area (Å²) < 4.78 is 5.30. The lowest BCUT2D eigenvalue weighted by atomic mass is 9.83. The van der Waals surface area contributed by atoms with Crippen molar-refractivity contribution in [2.24, 2.45) is 5.92 Å². The zero-order valence-corrected chi connectivity index (χ0v) is 11.0. The maximum atomic E-state index is 11.8. The van der Waals surface area contributed by atoms with Gasteiger partial charge in [0.2, 0.25) is 0 Å². The number of hydrogen-bond donors (Lipinski definition) is 1. The van der Waals surface area contributed by atoms with Crippen LogP contribution in [0.1, 0.15) is 41.6 Å². The predicted molar refractivity (Wildman–Crippen MR) is 70.7 cm³/mol. The van der Waals surface area contributed by atoms with Crippen LogP contribution in [0.3, 0.4) is 0 Å². The van der Waals surface area contributed by atoms with E-state index in [2.05, 4.69) is 12.6 Å². The highest BCUT2D eigenvalue weighted by molar-refractivity contribution is 7.80. The van der Waals surface area contributed by atoms with Crippen molar-refractivity contribution in [1.82, 2.24) is 0 Å². The van der Waals surface area contributed by atoms with Gasteiger partial charge < -0.3 is 4.74 Å². The van der Waals surface area contributed by atoms with Crippen molar-refractivity contribution in [2.75, 3.05) is 6.61 Å². The number of aryl methyl sites for hydroxylation is 1. The molecule has 1 aliphatic rings. The molecule has 0 saturated heterocycles. The SMILES string of the molecule is Cc1ccc(S)cc1C(=O)OCCC1CCC1. The van der Waals surface area contributed by atoms with Gasteiger partial charge in [0.15, 0.2) is 0 Å². The van der Waals surface area contributed by atoms with Crippen LogP contribution in [0.25, 0.3) is 0 Å². The fourth-order valence-electron chi connectivity index (χ4n) is 2.01. The zero-order chi connectivity index (χ0) is 12.3. The lowest BCUT2D eigenvalue weighted by Gasteiger charge is -2.24. The van der Waals surface area contributed by atoms with Crippen LogP contribution >= 0.6 is 12.6 Å². The van der Waals surface area contributed by atoms with Crippen molar-refractivity contribution in [1.29, 1.82) is 0 Å². The highest BCUT2D eigenvalue weighted by atomic mass is 32.1. The average molecular weight is 250 g/mol. The number of thiol groups is 1. The third kappa shape index (κ3) is 3.25. The molecule has 1 aromatic carbocycles. The molecule has 3 heteroatoms. The molecule has 2 nitrogen and oxygen atoms in total. The largest absolute Gasteiger partial charge is 0.462 e. The van der Waals surface area contributed by atoms with E-state index in [1.807, 2.05) is 19.1 Å². The molecule has 0 unspecified atom stereocenters. The van der Waals surface area contributed by atoms with E-state index in [1.54, 1.807) is 6.07 Å². The van der Waals surface area contributed by atoms with E-state index in [1.165, 1.54) is 19.3 Å². The molecule has 0 heterocycles. The Morgan fingerprint density at radius 2 is 2.24 bits per heavy atom. The number of benzene rings is 1. The number of hydrogen-bond acceptors (Lipinski definition) is 3. The van der Waals surface area contributed by atoms with Crippen molar-refractivity contribution < 1.29 is 9.53 Å². The molecule has 1 fully saturated rings. The van der Waals surface area contributed by atoms with Crippen molar-refractivity contribution in [3.63, 3.8) is 0 Å². The molecule has 1 aromatic rings. The number of carbonyl (C=O) groups is 1. The molecule has 0 aliphatic heterocycles. The van der Waals surface area contributed by atoms with Gasteiger partial charge in [0, 0.05) is 4.90 Å². The maximum absolute atomic E-state index is 11.8. The van der Waals surface area contributed by atoms with Crippen molar-refractivity contribution in [3.05, 3.63) is 29.3 Å². The molecular formula is C14H18O2S. The summed E-state index contributed by atoms with van der Waals surface area (Å²) in [6, 6.07) is 5.54. The first kappa shape index (κ1) is 12.5. The minimum absolute atomic E-state index is 0.224. The molecule has 1 saturated carbocycles. The third-order valence-corrected chi connectivity index (χ3v) is 3.70. The van der Waals surface area contributed by atoms with Gasteiger partial charge in [-0.1, -0.05) is 25.3 Å². The second-order valence-corrected chi connectivity index (χ2v) is 5.24. The standard InChI is InChI=1S/C14H18O2S/c1-10-5-6-12(17)9-13(10)14(15)16-8-7-11-3-2-4-11/h5-6,9,11,17H,2-4,7-8H2,1H3. The fourth-order valence-corrected chi connectivity index (χ4v) is 2.21. The van der Waals surface area contributed by atoms with E-state index in [4.69, 9.17) is 4.74 Å². The van der Waals surface area contributed by atoms with Gasteiger partial charge in [-0.2, -0.15) is 0 Å². The molecule has 0 N–H and O–H groups in total. The Balaban J connectivity index is 1.87. The highest BCUT2D eigenvalue weighted by Crippen LogP contribution is 2.29. The summed E-state index contributed by atoms with van der Waals surface area (Å²) in [5.41, 5.74) is 1.57. The Morgan fingerprint density at radius 3 is 2.88 bits per heavy atom. The quantitative estimate of drug-likeness (QED) is 0.652. The number of rotatable bonds is 4. The Bertz CT molecular complexity index is 411. The van der Waals surface area contributed by atoms with Crippen LogP contribution in [-0.4, -0.2) is 12.6 Å². The Hall–Kier alpha value is -0.960. The van der Waals surface area contributed by atoms with E-state index in [9.17, 15) is 4.79 Å². The van der Waals surface area contributed by atoms with Gasteiger partial charge in [-0.3, -0.25) is 0 Å². The lowest BCUT2D eigenvalue weighted by Crippen LogP contribution is -2.16. The lowest BCUT2D eigenvalue weighted by molar-refractivity contribution is 0.0463. The minimum atomic E-state index is -0.224. The summed E-state index contributed by atoms with van der Waals surface area (Å²) >= 11 is 4.24. The summed E-state index contributed by atoms with van der Waals surface area (Å²) in [7, 11) is 0. The first-order valence-corrected chi connectivity index (χ1v) is 6.58. The smallest absolute Gasteiger partial charge is 0.338 e. The van der Waals surface area contributed by atoms with Crippen LogP contribution in [-0.2, 0) is 4.74 Å². The van der Waals surface area contributed by atoms with Crippen LogP contribution in [0.15, 0.2) is 23.1 Å². The van der Waals surface area contributed by atoms with Crippen LogP contribution in [0, 0.1) is 12.8 Å². The molecule has 0 radical (unpaired) electrons. The van der Waals surface area contributed by atoms with Crippen molar-refractivity contribution >= 4 is 18.6 Å². The maximum Gasteiger partial charge on any atom is 0.338 e. The van der Waals surface area contributed by atoms with E-state index in [-0.39, 0.29) is 5.97 Å². The van der Waals surface area contributed by atoms with E-state index >= 15 is 0 Å². The van der Waals surface area contributed by atoms with Crippen LogP contribution < -0.4 is 0 Å². The van der Waals surface area contributed by atoms with Gasteiger partial charge in [-0.25, -0.2) is 4.79 Å². The first-order chi connectivity index (χ1) is 8.16. The first-order valence-electron chi connectivity index (χ1n) is 6.13. The van der Waals surface area contributed by atoms with E-state index in [0.717, 1.165) is 22.8 Å². The Morgan fingerprint density at radius 1 is 1.47 bits per heavy atom. The molecule has 17 heavy (non-hydrogen) atoms. The predicted octanol–water partition coefficient (Wildman–Crippen LogP) is 3.63. The molecule has 1 aliphatic carbocycles. The summed E-state index contributed by atoms with van der Waals surface area (Å²) in [4.78, 5) is 12.6. The number of esters is 1. The molecule has 0 spiro atoms. The summed E-state index contributed by atoms with van der Waals surface area (Å²) in [6.07, 6.45) is 4.93. The highest BCUT2D eigenvalue weighted by Gasteiger charge is 2.18. The Kier molecular flexibility index (Phi) is 4.11. The van der Waals surface area contributed by atoms with Gasteiger partial charge in [0.25, 0.3) is 0 Å². The molecule has 2 rings (SSSR count). The summed E-state index contributed by atoms with van der Waals surface area (Å²) in [5, 5.41) is 0. The average Bonchev–Trinajstić information content (AvgIpc) is 2.25. The fraction of sp³-hybridized carbons (Fsp3) is 0.500. The van der Waals surface area contributed by atoms with Gasteiger partial charge in [0.05, 0.1) is 12.2 Å². The van der Waals surface area contributed by atoms with Gasteiger partial charge in [-0.15, -0.1) is 12.6 Å². The minimum Gasteiger partial charge on any atom is -0.462 e. The third-order valence-electron chi connectivity index (χ3n) is 3.43. The molecule has 0 aromatic heterocycles. The van der Waals surface area contributed by atoms with E-state index < -0.39 is 0 Å². The van der Waals surface area contributed by atoms with Crippen LogP contribution in [0.5, 0.6) is 0 Å². The second kappa shape index (κ2) is 5.58. The van der Waals surface area contributed by atoms with Crippen LogP contribution in [0.4, 0.5) is 0 Å². The normalized spacial score (nSPS) is 15.4. The van der Waals surface area contributed by atoms with Crippen molar-refractivity contribution in [2.45, 2.75) is 37.5 Å². The Labute approximate surface area is 108 Å². The monoisotopic (exact) mass is 250 g/mol. The topological polar surface area (TPSA) is 26.3 Å². The molecule has 92 valence electrons. The second-order valence-electron chi connectivity index (χ2n) is 4.72. The molecule has 0 amide bonds. The van der Waals surface area contributed by atoms with Gasteiger partial charge >= 0.3 is 5.97 Å². The van der Waals surface area contributed by atoms with E-state index in [0.29, 0.717) is 12.2 Å². The van der Waals surface area contributed by atoms with Crippen LogP contribution in [0.2, 0.25) is 0 Å². The molecule has 0 atom stereocenters. The molecule has 0 bridgehead atoms.